The Labute approximate surface area is 191 Å². The van der Waals surface area contributed by atoms with E-state index in [0.717, 1.165) is 0 Å². The van der Waals surface area contributed by atoms with Gasteiger partial charge in [0.25, 0.3) is 0 Å². The molecule has 4 rings (SSSR count). The summed E-state index contributed by atoms with van der Waals surface area (Å²) in [6.45, 7) is -0.124. The molecule has 0 spiro atoms. The molecule has 178 valence electrons. The van der Waals surface area contributed by atoms with Gasteiger partial charge >= 0.3 is 7.60 Å². The van der Waals surface area contributed by atoms with Gasteiger partial charge in [0.15, 0.2) is 11.9 Å². The number of hydrogen-bond donors (Lipinski definition) is 5. The number of ether oxygens (including phenoxy) is 2. The van der Waals surface area contributed by atoms with Gasteiger partial charge in [-0.05, 0) is 29.3 Å². The molecule has 0 bridgehead atoms. The third-order valence-corrected chi connectivity index (χ3v) is 5.58. The summed E-state index contributed by atoms with van der Waals surface area (Å²) in [4.78, 5) is 26.0. The van der Waals surface area contributed by atoms with Gasteiger partial charge in [0, 0.05) is 6.54 Å². The van der Waals surface area contributed by atoms with Crippen molar-refractivity contribution in [1.29, 1.82) is 0 Å². The number of nitrogens with one attached hydrogen (secondary N) is 1. The highest BCUT2D eigenvalue weighted by molar-refractivity contribution is 7.51. The summed E-state index contributed by atoms with van der Waals surface area (Å²) in [5.41, 5.74) is 0.867. The van der Waals surface area contributed by atoms with E-state index < -0.39 is 38.5 Å². The molecule has 3 aromatic rings. The van der Waals surface area contributed by atoms with Crippen molar-refractivity contribution in [3.63, 3.8) is 0 Å². The lowest BCUT2D eigenvalue weighted by atomic mass is 10.1. The van der Waals surface area contributed by atoms with Gasteiger partial charge in [0.05, 0.1) is 18.2 Å². The van der Waals surface area contributed by atoms with Gasteiger partial charge in [-0.3, -0.25) is 4.57 Å². The molecule has 0 radical (unpaired) electrons. The number of aliphatic hydroxyl groups excluding tert-OH is 2. The standard InChI is InChI=1S/C18H20ClFN5O7P/c19-18-23-15(21-5-9-2-1-3-10(20)4-9)11-6-22-25(16(11)24-18)17-14(27)13(26)12(32-17)7-31-8-33(28,29)30/h1-4,6,12-14,17,26-27H,5,7-8H2,(H,21,23,24)(H2,28,29,30)/t12-,13-,14-,17-/m1/s1. The van der Waals surface area contributed by atoms with Gasteiger partial charge in [-0.25, -0.2) is 9.07 Å². The summed E-state index contributed by atoms with van der Waals surface area (Å²) in [5, 5.41) is 28.3. The molecular formula is C18H20ClFN5O7P. The molecule has 1 aliphatic heterocycles. The lowest BCUT2D eigenvalue weighted by Gasteiger charge is -2.16. The fourth-order valence-electron chi connectivity index (χ4n) is 3.41. The van der Waals surface area contributed by atoms with Crippen LogP contribution in [0.4, 0.5) is 10.2 Å². The molecule has 1 saturated heterocycles. The van der Waals surface area contributed by atoms with Crippen LogP contribution in [-0.4, -0.2) is 71.0 Å². The third kappa shape index (κ3) is 5.48. The van der Waals surface area contributed by atoms with E-state index in [0.29, 0.717) is 16.8 Å². The predicted octanol–water partition coefficient (Wildman–Crippen LogP) is 1.00. The first-order valence-corrected chi connectivity index (χ1v) is 11.8. The monoisotopic (exact) mass is 503 g/mol. The summed E-state index contributed by atoms with van der Waals surface area (Å²) < 4.78 is 36.1. The zero-order valence-electron chi connectivity index (χ0n) is 16.8. The fraction of sp³-hybridized carbons (Fsp3) is 0.389. The molecule has 33 heavy (non-hydrogen) atoms. The largest absolute Gasteiger partial charge is 0.387 e. The molecule has 0 aliphatic carbocycles. The van der Waals surface area contributed by atoms with Crippen LogP contribution in [0.5, 0.6) is 0 Å². The second-order valence-electron chi connectivity index (χ2n) is 7.36. The molecule has 0 saturated carbocycles. The average Bonchev–Trinajstić information content (AvgIpc) is 3.27. The van der Waals surface area contributed by atoms with Crippen LogP contribution in [0, 0.1) is 5.82 Å². The number of anilines is 1. The first kappa shape index (κ1) is 23.9. The van der Waals surface area contributed by atoms with Crippen LogP contribution in [0.1, 0.15) is 11.8 Å². The highest BCUT2D eigenvalue weighted by Crippen LogP contribution is 2.36. The second kappa shape index (κ2) is 9.57. The van der Waals surface area contributed by atoms with Crippen molar-refractivity contribution < 1.29 is 38.4 Å². The zero-order chi connectivity index (χ0) is 23.8. The first-order chi connectivity index (χ1) is 15.6. The molecule has 0 amide bonds. The Bertz CT molecular complexity index is 1190. The number of benzene rings is 1. The molecule has 3 heterocycles. The number of rotatable bonds is 8. The number of hydrogen-bond acceptors (Lipinski definition) is 9. The molecule has 0 unspecified atom stereocenters. The van der Waals surface area contributed by atoms with E-state index in [1.165, 1.54) is 23.0 Å². The summed E-state index contributed by atoms with van der Waals surface area (Å²) in [6, 6.07) is 6.02. The molecule has 1 aromatic carbocycles. The fourth-order valence-corrected chi connectivity index (χ4v) is 3.92. The van der Waals surface area contributed by atoms with Crippen molar-refractivity contribution in [1.82, 2.24) is 19.7 Å². The number of halogens is 2. The maximum Gasteiger partial charge on any atom is 0.350 e. The molecule has 1 fully saturated rings. The van der Waals surface area contributed by atoms with Crippen LogP contribution in [-0.2, 0) is 20.6 Å². The molecular weight excluding hydrogens is 484 g/mol. The predicted molar refractivity (Wildman–Crippen MR) is 113 cm³/mol. The Morgan fingerprint density at radius 2 is 2.06 bits per heavy atom. The quantitative estimate of drug-likeness (QED) is 0.219. The van der Waals surface area contributed by atoms with E-state index >= 15 is 0 Å². The molecule has 5 N–H and O–H groups in total. The zero-order valence-corrected chi connectivity index (χ0v) is 18.5. The van der Waals surface area contributed by atoms with E-state index in [4.69, 9.17) is 30.9 Å². The minimum Gasteiger partial charge on any atom is -0.387 e. The maximum absolute atomic E-state index is 13.4. The van der Waals surface area contributed by atoms with Crippen molar-refractivity contribution in [2.75, 3.05) is 18.3 Å². The van der Waals surface area contributed by atoms with Gasteiger partial charge in [0.2, 0.25) is 5.28 Å². The van der Waals surface area contributed by atoms with Crippen molar-refractivity contribution >= 4 is 36.0 Å². The van der Waals surface area contributed by atoms with Crippen molar-refractivity contribution in [2.45, 2.75) is 31.1 Å². The van der Waals surface area contributed by atoms with Crippen LogP contribution >= 0.6 is 19.2 Å². The highest BCUT2D eigenvalue weighted by atomic mass is 35.5. The van der Waals surface area contributed by atoms with E-state index in [1.54, 1.807) is 12.1 Å². The first-order valence-electron chi connectivity index (χ1n) is 9.65. The normalized spacial score (nSPS) is 23.3. The summed E-state index contributed by atoms with van der Waals surface area (Å²) in [7, 11) is -4.40. The van der Waals surface area contributed by atoms with Gasteiger partial charge < -0.3 is 34.8 Å². The summed E-state index contributed by atoms with van der Waals surface area (Å²) in [6.07, 6.45) is -4.53. The topological polar surface area (TPSA) is 172 Å². The minimum absolute atomic E-state index is 0.124. The number of aliphatic hydroxyl groups is 2. The van der Waals surface area contributed by atoms with E-state index in [1.807, 2.05) is 0 Å². The summed E-state index contributed by atoms with van der Waals surface area (Å²) >= 11 is 6.06. The Kier molecular flexibility index (Phi) is 6.93. The van der Waals surface area contributed by atoms with E-state index in [9.17, 15) is 19.2 Å². The van der Waals surface area contributed by atoms with Gasteiger partial charge in [-0.15, -0.1) is 0 Å². The molecule has 12 nitrogen and oxygen atoms in total. The van der Waals surface area contributed by atoms with Gasteiger partial charge in [-0.2, -0.15) is 15.1 Å². The lowest BCUT2D eigenvalue weighted by Crippen LogP contribution is -2.34. The van der Waals surface area contributed by atoms with Crippen LogP contribution < -0.4 is 5.32 Å². The molecule has 4 atom stereocenters. The molecule has 15 heteroatoms. The van der Waals surface area contributed by atoms with Crippen LogP contribution in [0.25, 0.3) is 11.0 Å². The van der Waals surface area contributed by atoms with Crippen molar-refractivity contribution in [3.8, 4) is 0 Å². The van der Waals surface area contributed by atoms with Gasteiger partial charge in [0.1, 0.15) is 36.3 Å². The lowest BCUT2D eigenvalue weighted by molar-refractivity contribution is -0.0658. The van der Waals surface area contributed by atoms with Crippen molar-refractivity contribution in [3.05, 3.63) is 47.1 Å². The Morgan fingerprint density at radius 1 is 1.27 bits per heavy atom. The third-order valence-electron chi connectivity index (χ3n) is 4.90. The van der Waals surface area contributed by atoms with E-state index in [2.05, 4.69) is 20.4 Å². The number of nitrogens with zero attached hydrogens (tertiary/aromatic N) is 4. The van der Waals surface area contributed by atoms with Crippen molar-refractivity contribution in [2.24, 2.45) is 0 Å². The smallest absolute Gasteiger partial charge is 0.350 e. The highest BCUT2D eigenvalue weighted by Gasteiger charge is 2.45. The van der Waals surface area contributed by atoms with Crippen LogP contribution in [0.2, 0.25) is 5.28 Å². The Balaban J connectivity index is 1.54. The van der Waals surface area contributed by atoms with Gasteiger partial charge in [-0.1, -0.05) is 12.1 Å². The summed E-state index contributed by atoms with van der Waals surface area (Å²) in [5.74, 6) is -0.0617. The minimum atomic E-state index is -4.40. The Hall–Kier alpha value is -2.22. The Morgan fingerprint density at radius 3 is 2.79 bits per heavy atom. The SMILES string of the molecule is O=P(O)(O)COC[C@H]1O[C@@H](n2ncc3c(NCc4cccc(F)c4)nc(Cl)nc32)[C@H](O)[C@@H]1O. The number of fused-ring (bicyclic) bond motifs is 1. The molecule has 2 aromatic heterocycles. The average molecular weight is 504 g/mol. The van der Waals surface area contributed by atoms with Crippen LogP contribution in [0.3, 0.4) is 0 Å². The maximum atomic E-state index is 13.4. The molecule has 1 aliphatic rings. The van der Waals surface area contributed by atoms with Crippen LogP contribution in [0.15, 0.2) is 30.5 Å². The number of aromatic nitrogens is 4. The second-order valence-corrected chi connectivity index (χ2v) is 9.29. The van der Waals surface area contributed by atoms with E-state index in [-0.39, 0.29) is 29.9 Å².